The number of methoxy groups -OCH3 is 1. The van der Waals surface area contributed by atoms with Crippen LogP contribution in [0.25, 0.3) is 0 Å². The summed E-state index contributed by atoms with van der Waals surface area (Å²) in [7, 11) is 3.52. The molecule has 0 aliphatic heterocycles. The fraction of sp³-hybridized carbons (Fsp3) is 0.429. The van der Waals surface area contributed by atoms with Gasteiger partial charge in [-0.1, -0.05) is 15.9 Å². The summed E-state index contributed by atoms with van der Waals surface area (Å²) in [6.45, 7) is 1.05. The number of carbonyl (C=O) groups is 1. The lowest BCUT2D eigenvalue weighted by Crippen LogP contribution is -2.27. The van der Waals surface area contributed by atoms with E-state index < -0.39 is 0 Å². The van der Waals surface area contributed by atoms with E-state index in [0.717, 1.165) is 28.8 Å². The number of hydrogen-bond acceptors (Lipinski definition) is 4. The average Bonchev–Trinajstić information content (AvgIpc) is 2.36. The van der Waals surface area contributed by atoms with Crippen molar-refractivity contribution in [3.05, 3.63) is 28.2 Å². The highest BCUT2D eigenvalue weighted by molar-refractivity contribution is 9.10. The summed E-state index contributed by atoms with van der Waals surface area (Å²) in [6, 6.07) is 7.74. The lowest BCUT2D eigenvalue weighted by molar-refractivity contribution is -0.118. The van der Waals surface area contributed by atoms with Crippen molar-refractivity contribution in [1.82, 2.24) is 4.90 Å². The number of ether oxygens (including phenoxy) is 1. The Kier molecular flexibility index (Phi) is 6.54. The molecule has 5 heteroatoms. The summed E-state index contributed by atoms with van der Waals surface area (Å²) in [5, 5.41) is 8.45. The normalized spacial score (nSPS) is 10.3. The first kappa shape index (κ1) is 15.7. The molecule has 0 heterocycles. The summed E-state index contributed by atoms with van der Waals surface area (Å²) in [5.74, 6) is 0.797. The van der Waals surface area contributed by atoms with Crippen molar-refractivity contribution in [3.63, 3.8) is 0 Å². The third-order valence-electron chi connectivity index (χ3n) is 2.73. The first-order chi connectivity index (χ1) is 9.06. The van der Waals surface area contributed by atoms with Crippen molar-refractivity contribution < 1.29 is 9.53 Å². The zero-order valence-electron chi connectivity index (χ0n) is 11.1. The van der Waals surface area contributed by atoms with Gasteiger partial charge in [-0.15, -0.1) is 0 Å². The highest BCUT2D eigenvalue weighted by Crippen LogP contribution is 2.23. The van der Waals surface area contributed by atoms with Gasteiger partial charge >= 0.3 is 0 Å². The molecule has 1 rings (SSSR count). The molecule has 0 atom stereocenters. The minimum Gasteiger partial charge on any atom is -0.496 e. The number of hydrogen-bond donors (Lipinski definition) is 0. The fourth-order valence-corrected chi connectivity index (χ4v) is 2.19. The van der Waals surface area contributed by atoms with E-state index in [1.54, 1.807) is 7.11 Å². The minimum absolute atomic E-state index is 0.0233. The second kappa shape index (κ2) is 7.93. The zero-order chi connectivity index (χ0) is 14.3. The Balaban J connectivity index is 2.54. The Hall–Kier alpha value is -1.38. The van der Waals surface area contributed by atoms with Crippen molar-refractivity contribution in [3.8, 4) is 11.8 Å². The van der Waals surface area contributed by atoms with Gasteiger partial charge in [-0.05, 0) is 37.2 Å². The van der Waals surface area contributed by atoms with E-state index in [1.165, 1.54) is 0 Å². The second-order valence-corrected chi connectivity index (χ2v) is 5.23. The van der Waals surface area contributed by atoms with Crippen LogP contribution in [0, 0.1) is 11.3 Å². The Morgan fingerprint density at radius 2 is 2.26 bits per heavy atom. The summed E-state index contributed by atoms with van der Waals surface area (Å²) < 4.78 is 6.31. The summed E-state index contributed by atoms with van der Waals surface area (Å²) in [5.41, 5.74) is 1.09. The quantitative estimate of drug-likeness (QED) is 0.772. The molecular formula is C14H17BrN2O2. The van der Waals surface area contributed by atoms with Crippen LogP contribution in [0.15, 0.2) is 22.7 Å². The van der Waals surface area contributed by atoms with Crippen molar-refractivity contribution in [1.29, 1.82) is 5.26 Å². The molecule has 0 unspecified atom stereocenters. The fourth-order valence-electron chi connectivity index (χ4n) is 1.78. The number of carbonyl (C=O) groups excluding carboxylic acids is 1. The maximum atomic E-state index is 11.3. The van der Waals surface area contributed by atoms with Crippen LogP contribution < -0.4 is 4.74 Å². The van der Waals surface area contributed by atoms with Gasteiger partial charge in [-0.25, -0.2) is 0 Å². The smallest absolute Gasteiger partial charge is 0.160 e. The van der Waals surface area contributed by atoms with Crippen molar-refractivity contribution >= 4 is 21.7 Å². The van der Waals surface area contributed by atoms with Crippen LogP contribution in [0.3, 0.4) is 0 Å². The van der Waals surface area contributed by atoms with Gasteiger partial charge in [0.25, 0.3) is 0 Å². The monoisotopic (exact) mass is 324 g/mol. The van der Waals surface area contributed by atoms with Gasteiger partial charge in [0.2, 0.25) is 0 Å². The van der Waals surface area contributed by atoms with Gasteiger partial charge < -0.3 is 4.74 Å². The van der Waals surface area contributed by atoms with Crippen LogP contribution in [0.2, 0.25) is 0 Å². The van der Waals surface area contributed by atoms with Gasteiger partial charge in [0, 0.05) is 11.0 Å². The number of ketones is 1. The van der Waals surface area contributed by atoms with Crippen LogP contribution >= 0.6 is 15.9 Å². The van der Waals surface area contributed by atoms with Crippen LogP contribution in [0.4, 0.5) is 0 Å². The molecular weight excluding hydrogens is 308 g/mol. The highest BCUT2D eigenvalue weighted by Gasteiger charge is 2.08. The molecule has 0 amide bonds. The summed E-state index contributed by atoms with van der Waals surface area (Å²) >= 11 is 3.43. The lowest BCUT2D eigenvalue weighted by atomic mass is 10.1. The first-order valence-electron chi connectivity index (χ1n) is 5.96. The summed E-state index contributed by atoms with van der Waals surface area (Å²) in [6.07, 6.45) is 0.767. The van der Waals surface area contributed by atoms with E-state index in [2.05, 4.69) is 15.9 Å². The molecule has 4 nitrogen and oxygen atoms in total. The number of benzene rings is 1. The number of Topliss-reactive ketones (excluding diaryl/α,β-unsaturated/α-hetero) is 1. The van der Waals surface area contributed by atoms with E-state index in [0.29, 0.717) is 6.54 Å². The van der Waals surface area contributed by atoms with E-state index in [4.69, 9.17) is 10.00 Å². The van der Waals surface area contributed by atoms with Crippen molar-refractivity contribution in [2.45, 2.75) is 12.8 Å². The van der Waals surface area contributed by atoms with Crippen molar-refractivity contribution in [2.75, 3.05) is 27.2 Å². The van der Waals surface area contributed by atoms with Gasteiger partial charge in [-0.2, -0.15) is 5.26 Å². The molecule has 1 aromatic rings. The molecule has 0 saturated heterocycles. The number of likely N-dealkylation sites (N-methyl/N-ethyl adjacent to an activating group) is 1. The topological polar surface area (TPSA) is 53.3 Å². The maximum absolute atomic E-state index is 11.3. The highest BCUT2D eigenvalue weighted by atomic mass is 79.9. The molecule has 0 aromatic heterocycles. The van der Waals surface area contributed by atoms with Crippen LogP contribution in [-0.2, 0) is 11.2 Å². The molecule has 0 radical (unpaired) electrons. The molecule has 0 aliphatic carbocycles. The largest absolute Gasteiger partial charge is 0.496 e. The SMILES string of the molecule is COc1ccc(Br)cc1CCN(C)CC(=O)CC#N. The zero-order valence-corrected chi connectivity index (χ0v) is 12.7. The van der Waals surface area contributed by atoms with E-state index in [-0.39, 0.29) is 12.2 Å². The second-order valence-electron chi connectivity index (χ2n) is 4.32. The minimum atomic E-state index is -0.0498. The van der Waals surface area contributed by atoms with E-state index in [1.807, 2.05) is 36.2 Å². The number of nitriles is 1. The van der Waals surface area contributed by atoms with Crippen molar-refractivity contribution in [2.24, 2.45) is 0 Å². The number of nitrogens with zero attached hydrogens (tertiary/aromatic N) is 2. The molecule has 0 bridgehead atoms. The van der Waals surface area contributed by atoms with E-state index in [9.17, 15) is 4.79 Å². The van der Waals surface area contributed by atoms with Gasteiger partial charge in [0.1, 0.15) is 5.75 Å². The van der Waals surface area contributed by atoms with Gasteiger partial charge in [0.05, 0.1) is 26.1 Å². The standard InChI is InChI=1S/C14H17BrN2O2/c1-17(10-13(18)5-7-16)8-6-11-9-12(15)3-4-14(11)19-2/h3-4,9H,5-6,8,10H2,1-2H3. The first-order valence-corrected chi connectivity index (χ1v) is 6.75. The number of halogens is 1. The molecule has 0 spiro atoms. The Bertz CT molecular complexity index is 483. The molecule has 0 saturated carbocycles. The molecule has 19 heavy (non-hydrogen) atoms. The Morgan fingerprint density at radius 1 is 1.53 bits per heavy atom. The lowest BCUT2D eigenvalue weighted by Gasteiger charge is -2.16. The predicted octanol–water partition coefficient (Wildman–Crippen LogP) is 2.41. The molecule has 0 aliphatic rings. The Morgan fingerprint density at radius 3 is 2.89 bits per heavy atom. The van der Waals surface area contributed by atoms with Gasteiger partial charge in [-0.3, -0.25) is 9.69 Å². The molecule has 1 aromatic carbocycles. The third-order valence-corrected chi connectivity index (χ3v) is 3.22. The third kappa shape index (κ3) is 5.41. The van der Waals surface area contributed by atoms with Crippen LogP contribution in [-0.4, -0.2) is 37.9 Å². The van der Waals surface area contributed by atoms with Gasteiger partial charge in [0.15, 0.2) is 5.78 Å². The van der Waals surface area contributed by atoms with Crippen LogP contribution in [0.1, 0.15) is 12.0 Å². The molecule has 0 fully saturated rings. The number of rotatable bonds is 7. The summed E-state index contributed by atoms with van der Waals surface area (Å²) in [4.78, 5) is 13.3. The predicted molar refractivity (Wildman–Crippen MR) is 77.1 cm³/mol. The van der Waals surface area contributed by atoms with E-state index >= 15 is 0 Å². The molecule has 0 N–H and O–H groups in total. The average molecular weight is 325 g/mol. The maximum Gasteiger partial charge on any atom is 0.160 e. The Labute approximate surface area is 122 Å². The van der Waals surface area contributed by atoms with Crippen LogP contribution in [0.5, 0.6) is 5.75 Å². The molecule has 102 valence electrons.